The van der Waals surface area contributed by atoms with Gasteiger partial charge in [-0.05, 0) is 75.8 Å². The van der Waals surface area contributed by atoms with Gasteiger partial charge in [-0.1, -0.05) is 140 Å². The Morgan fingerprint density at radius 3 is 1.49 bits per heavy atom. The van der Waals surface area contributed by atoms with Gasteiger partial charge in [-0.3, -0.25) is 0 Å². The molecular formula is C46H31N3. The van der Waals surface area contributed by atoms with Gasteiger partial charge in [0.2, 0.25) is 0 Å². The Balaban J connectivity index is 1.24. The number of nitrogens with zero attached hydrogens (tertiary/aromatic N) is 3. The molecule has 1 heterocycles. The van der Waals surface area contributed by atoms with Gasteiger partial charge in [0.15, 0.2) is 0 Å². The summed E-state index contributed by atoms with van der Waals surface area (Å²) in [6.07, 6.45) is 0. The molecule has 230 valence electrons. The number of anilines is 3. The molecule has 0 aliphatic heterocycles. The fraction of sp³-hybridized carbons (Fsp3) is 0. The lowest BCUT2D eigenvalue weighted by molar-refractivity contribution is 1.28. The zero-order chi connectivity index (χ0) is 32.6. The van der Waals surface area contributed by atoms with Crippen LogP contribution in [0.2, 0.25) is 0 Å². The second-order valence-electron chi connectivity index (χ2n) is 12.2. The third-order valence-corrected chi connectivity index (χ3v) is 9.20. The molecule has 9 rings (SSSR count). The topological polar surface area (TPSA) is 29.0 Å². The van der Waals surface area contributed by atoms with E-state index in [1.54, 1.807) is 0 Å². The summed E-state index contributed by atoms with van der Waals surface area (Å²) in [5.41, 5.74) is 11.3. The molecule has 0 amide bonds. The van der Waals surface area contributed by atoms with E-state index in [0.717, 1.165) is 77.9 Å². The molecule has 0 radical (unpaired) electrons. The van der Waals surface area contributed by atoms with E-state index in [2.05, 4.69) is 181 Å². The van der Waals surface area contributed by atoms with Crippen LogP contribution in [0.4, 0.5) is 17.1 Å². The first kappa shape index (κ1) is 28.6. The van der Waals surface area contributed by atoms with Gasteiger partial charge in [-0.25, -0.2) is 9.97 Å². The lowest BCUT2D eigenvalue weighted by Crippen LogP contribution is -2.09. The maximum Gasteiger partial charge on any atom is 0.0979 e. The van der Waals surface area contributed by atoms with Crippen LogP contribution in [0.3, 0.4) is 0 Å². The number of hydrogen-bond acceptors (Lipinski definition) is 3. The van der Waals surface area contributed by atoms with Crippen molar-refractivity contribution in [3.8, 4) is 33.6 Å². The van der Waals surface area contributed by atoms with E-state index in [4.69, 9.17) is 9.97 Å². The molecule has 0 fully saturated rings. The summed E-state index contributed by atoms with van der Waals surface area (Å²) in [7, 11) is 0. The molecule has 0 unspecified atom stereocenters. The lowest BCUT2D eigenvalue weighted by Gasteiger charge is -2.26. The molecular weight excluding hydrogens is 595 g/mol. The summed E-state index contributed by atoms with van der Waals surface area (Å²) in [4.78, 5) is 13.0. The van der Waals surface area contributed by atoms with Crippen molar-refractivity contribution in [2.45, 2.75) is 0 Å². The first-order valence-electron chi connectivity index (χ1n) is 16.6. The molecule has 0 spiro atoms. The van der Waals surface area contributed by atoms with Crippen LogP contribution >= 0.6 is 0 Å². The molecule has 0 atom stereocenters. The molecule has 0 saturated heterocycles. The van der Waals surface area contributed by atoms with Crippen molar-refractivity contribution in [2.24, 2.45) is 0 Å². The second kappa shape index (κ2) is 12.2. The number of para-hydroxylation sites is 2. The minimum atomic E-state index is 0.882. The summed E-state index contributed by atoms with van der Waals surface area (Å²) < 4.78 is 0. The fourth-order valence-electron chi connectivity index (χ4n) is 6.86. The average molecular weight is 626 g/mol. The summed E-state index contributed by atoms with van der Waals surface area (Å²) >= 11 is 0. The molecule has 3 heteroatoms. The van der Waals surface area contributed by atoms with Crippen molar-refractivity contribution in [1.82, 2.24) is 9.97 Å². The first-order valence-corrected chi connectivity index (χ1v) is 16.6. The van der Waals surface area contributed by atoms with E-state index >= 15 is 0 Å². The van der Waals surface area contributed by atoms with Gasteiger partial charge >= 0.3 is 0 Å². The molecule has 0 bridgehead atoms. The average Bonchev–Trinajstić information content (AvgIpc) is 3.18. The maximum absolute atomic E-state index is 5.44. The third-order valence-electron chi connectivity index (χ3n) is 9.20. The Labute approximate surface area is 285 Å². The summed E-state index contributed by atoms with van der Waals surface area (Å²) in [5.74, 6) is 0. The van der Waals surface area contributed by atoms with Crippen molar-refractivity contribution in [2.75, 3.05) is 4.90 Å². The normalized spacial score (nSPS) is 11.3. The third kappa shape index (κ3) is 5.28. The highest BCUT2D eigenvalue weighted by Crippen LogP contribution is 2.39. The zero-order valence-corrected chi connectivity index (χ0v) is 26.7. The number of fused-ring (bicyclic) bond motifs is 5. The van der Waals surface area contributed by atoms with Crippen LogP contribution in [0.25, 0.3) is 66.2 Å². The van der Waals surface area contributed by atoms with E-state index in [0.29, 0.717) is 0 Å². The van der Waals surface area contributed by atoms with Crippen molar-refractivity contribution in [3.63, 3.8) is 0 Å². The SMILES string of the molecule is c1ccc(-c2nc3ccc4ccc5ccc(-c6cccc(N(c7ccccc7)c7ccccc7)c6)cc5c4c3nc2-c2ccccc2)cc1. The molecule has 49 heavy (non-hydrogen) atoms. The van der Waals surface area contributed by atoms with Gasteiger partial charge in [0, 0.05) is 33.6 Å². The van der Waals surface area contributed by atoms with Gasteiger partial charge in [-0.15, -0.1) is 0 Å². The number of benzene rings is 8. The van der Waals surface area contributed by atoms with Gasteiger partial charge < -0.3 is 4.90 Å². The molecule has 0 aliphatic carbocycles. The predicted molar refractivity (Wildman–Crippen MR) is 206 cm³/mol. The molecule has 0 N–H and O–H groups in total. The highest BCUT2D eigenvalue weighted by atomic mass is 15.1. The first-order chi connectivity index (χ1) is 24.3. The Kier molecular flexibility index (Phi) is 7.14. The van der Waals surface area contributed by atoms with Crippen molar-refractivity contribution >= 4 is 49.6 Å². The number of rotatable bonds is 6. The van der Waals surface area contributed by atoms with Crippen LogP contribution in [0.1, 0.15) is 0 Å². The van der Waals surface area contributed by atoms with Crippen molar-refractivity contribution < 1.29 is 0 Å². The Hall–Kier alpha value is -6.58. The zero-order valence-electron chi connectivity index (χ0n) is 26.7. The largest absolute Gasteiger partial charge is 0.310 e. The minimum Gasteiger partial charge on any atom is -0.310 e. The molecule has 0 aliphatic rings. The van der Waals surface area contributed by atoms with Crippen LogP contribution < -0.4 is 4.90 Å². The molecule has 3 nitrogen and oxygen atoms in total. The Morgan fingerprint density at radius 1 is 0.347 bits per heavy atom. The van der Waals surface area contributed by atoms with Crippen molar-refractivity contribution in [1.29, 1.82) is 0 Å². The van der Waals surface area contributed by atoms with Crippen LogP contribution in [0, 0.1) is 0 Å². The van der Waals surface area contributed by atoms with Gasteiger partial charge in [0.1, 0.15) is 0 Å². The van der Waals surface area contributed by atoms with Crippen LogP contribution in [0.5, 0.6) is 0 Å². The van der Waals surface area contributed by atoms with E-state index < -0.39 is 0 Å². The van der Waals surface area contributed by atoms with Crippen LogP contribution in [0.15, 0.2) is 188 Å². The fourth-order valence-corrected chi connectivity index (χ4v) is 6.86. The Bertz CT molecular complexity index is 2540. The predicted octanol–water partition coefficient (Wildman–Crippen LogP) is 12.4. The maximum atomic E-state index is 5.44. The van der Waals surface area contributed by atoms with Crippen LogP contribution in [-0.4, -0.2) is 9.97 Å². The second-order valence-corrected chi connectivity index (χ2v) is 12.2. The van der Waals surface area contributed by atoms with Gasteiger partial charge in [0.25, 0.3) is 0 Å². The molecule has 0 saturated carbocycles. The van der Waals surface area contributed by atoms with E-state index in [1.165, 1.54) is 5.39 Å². The summed E-state index contributed by atoms with van der Waals surface area (Å²) in [5, 5.41) is 4.60. The smallest absolute Gasteiger partial charge is 0.0979 e. The molecule has 8 aromatic carbocycles. The van der Waals surface area contributed by atoms with E-state index in [1.807, 2.05) is 12.1 Å². The number of hydrogen-bond donors (Lipinski definition) is 0. The summed E-state index contributed by atoms with van der Waals surface area (Å²) in [6, 6.07) is 66.1. The molecule has 1 aromatic heterocycles. The van der Waals surface area contributed by atoms with E-state index in [9.17, 15) is 0 Å². The number of aromatic nitrogens is 2. The monoisotopic (exact) mass is 625 g/mol. The quantitative estimate of drug-likeness (QED) is 0.172. The van der Waals surface area contributed by atoms with Gasteiger partial charge in [-0.2, -0.15) is 0 Å². The Morgan fingerprint density at radius 2 is 0.837 bits per heavy atom. The minimum absolute atomic E-state index is 0.882. The standard InChI is InChI=1S/C46H31N3/c1-5-14-34(15-6-1)44-45(35-16-7-2-8-17-35)48-46-42(47-44)29-28-33-26-24-32-25-27-37(31-41(32)43(33)46)36-18-13-23-40(30-36)49(38-19-9-3-10-20-38)39-21-11-4-12-22-39/h1-31H. The highest BCUT2D eigenvalue weighted by Gasteiger charge is 2.17. The molecule has 9 aromatic rings. The van der Waals surface area contributed by atoms with Crippen molar-refractivity contribution in [3.05, 3.63) is 188 Å². The van der Waals surface area contributed by atoms with Gasteiger partial charge in [0.05, 0.1) is 22.4 Å². The van der Waals surface area contributed by atoms with Crippen LogP contribution in [-0.2, 0) is 0 Å². The lowest BCUT2D eigenvalue weighted by atomic mass is 9.95. The highest BCUT2D eigenvalue weighted by molar-refractivity contribution is 6.19. The van der Waals surface area contributed by atoms with E-state index in [-0.39, 0.29) is 0 Å². The summed E-state index contributed by atoms with van der Waals surface area (Å²) in [6.45, 7) is 0.